The minimum Gasteiger partial charge on any atom is -0.382 e. The van der Waals surface area contributed by atoms with Crippen molar-refractivity contribution >= 4 is 0 Å². The van der Waals surface area contributed by atoms with E-state index in [0.29, 0.717) is 0 Å². The number of hydrogen-bond acceptors (Lipinski definition) is 3. The summed E-state index contributed by atoms with van der Waals surface area (Å²) in [5.41, 5.74) is 0. The molecule has 0 spiro atoms. The molecule has 0 heterocycles. The lowest BCUT2D eigenvalue weighted by atomic mass is 10.2. The van der Waals surface area contributed by atoms with Crippen molar-refractivity contribution in [1.29, 1.82) is 0 Å². The molecule has 0 fully saturated rings. The molecule has 0 amide bonds. The number of nitrogens with zero attached hydrogens (tertiary/aromatic N) is 1. The molecule has 0 rings (SSSR count). The molecule has 0 bridgehead atoms. The van der Waals surface area contributed by atoms with E-state index in [9.17, 15) is 0 Å². The first-order valence-electron chi connectivity index (χ1n) is 8.35. The van der Waals surface area contributed by atoms with E-state index in [2.05, 4.69) is 31.0 Å². The van der Waals surface area contributed by atoms with Crippen LogP contribution in [-0.4, -0.2) is 50.8 Å². The van der Waals surface area contributed by atoms with E-state index in [4.69, 9.17) is 4.74 Å². The third kappa shape index (κ3) is 14.1. The van der Waals surface area contributed by atoms with E-state index in [1.807, 2.05) is 0 Å². The molecule has 1 N–H and O–H groups in total. The number of nitrogens with one attached hydrogen (secondary N) is 1. The Bertz CT molecular complexity index is 157. The van der Waals surface area contributed by atoms with E-state index in [-0.39, 0.29) is 0 Å². The van der Waals surface area contributed by atoms with Crippen molar-refractivity contribution in [3.05, 3.63) is 0 Å². The normalized spacial score (nSPS) is 11.4. The van der Waals surface area contributed by atoms with E-state index in [1.54, 1.807) is 0 Å². The monoisotopic (exact) mass is 272 g/mol. The first kappa shape index (κ1) is 18.9. The Kier molecular flexibility index (Phi) is 15.8. The number of unbranched alkanes of at least 4 members (excludes halogenated alkanes) is 3. The predicted molar refractivity (Wildman–Crippen MR) is 84.9 cm³/mol. The molecule has 0 aliphatic heterocycles. The van der Waals surface area contributed by atoms with Gasteiger partial charge in [-0.1, -0.05) is 26.7 Å². The summed E-state index contributed by atoms with van der Waals surface area (Å²) in [6.45, 7) is 14.3. The van der Waals surface area contributed by atoms with E-state index in [1.165, 1.54) is 58.2 Å². The predicted octanol–water partition coefficient (Wildman–Crippen LogP) is 3.29. The van der Waals surface area contributed by atoms with Gasteiger partial charge >= 0.3 is 0 Å². The Morgan fingerprint density at radius 1 is 0.789 bits per heavy atom. The van der Waals surface area contributed by atoms with Crippen LogP contribution in [0.3, 0.4) is 0 Å². The Hall–Kier alpha value is -0.120. The maximum absolute atomic E-state index is 5.33. The molecule has 19 heavy (non-hydrogen) atoms. The van der Waals surface area contributed by atoms with Gasteiger partial charge in [-0.05, 0) is 52.2 Å². The molecule has 0 aliphatic rings. The fourth-order valence-corrected chi connectivity index (χ4v) is 2.06. The lowest BCUT2D eigenvalue weighted by Gasteiger charge is -2.22. The first-order valence-corrected chi connectivity index (χ1v) is 8.35. The van der Waals surface area contributed by atoms with Gasteiger partial charge in [0.1, 0.15) is 0 Å². The highest BCUT2D eigenvalue weighted by atomic mass is 16.5. The molecule has 0 aliphatic carbocycles. The summed E-state index contributed by atoms with van der Waals surface area (Å²) in [6, 6.07) is 0. The molecule has 3 nitrogen and oxygen atoms in total. The Balaban J connectivity index is 3.40. The molecule has 0 aromatic rings. The van der Waals surface area contributed by atoms with E-state index < -0.39 is 0 Å². The minimum atomic E-state index is 0.844. The zero-order valence-electron chi connectivity index (χ0n) is 13.5. The highest BCUT2D eigenvalue weighted by Crippen LogP contribution is 1.98. The van der Waals surface area contributed by atoms with Gasteiger partial charge in [0.05, 0.1) is 0 Å². The van der Waals surface area contributed by atoms with Gasteiger partial charge in [-0.15, -0.1) is 0 Å². The van der Waals surface area contributed by atoms with Gasteiger partial charge in [0, 0.05) is 26.3 Å². The lowest BCUT2D eigenvalue weighted by Crippen LogP contribution is -2.34. The first-order chi connectivity index (χ1) is 9.35. The number of rotatable bonds is 15. The van der Waals surface area contributed by atoms with Crippen molar-refractivity contribution in [2.45, 2.75) is 59.3 Å². The number of ether oxygens (including phenoxy) is 1. The van der Waals surface area contributed by atoms with Gasteiger partial charge in [-0.25, -0.2) is 0 Å². The zero-order chi connectivity index (χ0) is 14.2. The van der Waals surface area contributed by atoms with Crippen LogP contribution in [0.25, 0.3) is 0 Å². The van der Waals surface area contributed by atoms with Crippen LogP contribution >= 0.6 is 0 Å². The van der Waals surface area contributed by atoms with Crippen molar-refractivity contribution < 1.29 is 4.74 Å². The van der Waals surface area contributed by atoms with Crippen molar-refractivity contribution in [3.63, 3.8) is 0 Å². The summed E-state index contributed by atoms with van der Waals surface area (Å²) in [5, 5.41) is 3.55. The fourth-order valence-electron chi connectivity index (χ4n) is 2.06. The minimum absolute atomic E-state index is 0.844. The van der Waals surface area contributed by atoms with Crippen LogP contribution in [0.15, 0.2) is 0 Å². The second-order valence-electron chi connectivity index (χ2n) is 5.20. The quantitative estimate of drug-likeness (QED) is 0.463. The Labute approximate surface area is 121 Å². The number of hydrogen-bond donors (Lipinski definition) is 1. The summed E-state index contributed by atoms with van der Waals surface area (Å²) >= 11 is 0. The van der Waals surface area contributed by atoms with Crippen LogP contribution in [-0.2, 0) is 4.74 Å². The molecule has 0 radical (unpaired) electrons. The average molecular weight is 272 g/mol. The van der Waals surface area contributed by atoms with Crippen molar-refractivity contribution in [3.8, 4) is 0 Å². The van der Waals surface area contributed by atoms with Crippen molar-refractivity contribution in [1.82, 2.24) is 10.2 Å². The molecule has 0 unspecified atom stereocenters. The largest absolute Gasteiger partial charge is 0.382 e. The van der Waals surface area contributed by atoms with Gasteiger partial charge in [-0.3, -0.25) is 0 Å². The van der Waals surface area contributed by atoms with Crippen LogP contribution in [0.4, 0.5) is 0 Å². The van der Waals surface area contributed by atoms with Gasteiger partial charge in [0.25, 0.3) is 0 Å². The summed E-state index contributed by atoms with van der Waals surface area (Å²) in [4.78, 5) is 2.61. The molecule has 3 heteroatoms. The summed E-state index contributed by atoms with van der Waals surface area (Å²) in [6.07, 6.45) is 7.66. The SMILES string of the molecule is CCCCN(CCCC)CCNCCCCOCC. The fraction of sp³-hybridized carbons (Fsp3) is 1.00. The molecule has 0 atom stereocenters. The van der Waals surface area contributed by atoms with Crippen LogP contribution in [0.1, 0.15) is 59.3 Å². The third-order valence-corrected chi connectivity index (χ3v) is 3.36. The lowest BCUT2D eigenvalue weighted by molar-refractivity contribution is 0.143. The van der Waals surface area contributed by atoms with E-state index in [0.717, 1.165) is 26.3 Å². The van der Waals surface area contributed by atoms with Gasteiger partial charge in [0.2, 0.25) is 0 Å². The van der Waals surface area contributed by atoms with Crippen LogP contribution in [0, 0.1) is 0 Å². The summed E-state index contributed by atoms with van der Waals surface area (Å²) < 4.78 is 5.33. The molecular formula is C16H36N2O. The van der Waals surface area contributed by atoms with Crippen LogP contribution in [0.5, 0.6) is 0 Å². The van der Waals surface area contributed by atoms with Gasteiger partial charge < -0.3 is 15.0 Å². The van der Waals surface area contributed by atoms with Crippen LogP contribution in [0.2, 0.25) is 0 Å². The van der Waals surface area contributed by atoms with Crippen molar-refractivity contribution in [2.75, 3.05) is 45.9 Å². The van der Waals surface area contributed by atoms with E-state index >= 15 is 0 Å². The zero-order valence-corrected chi connectivity index (χ0v) is 13.5. The smallest absolute Gasteiger partial charge is 0.0466 e. The molecule has 0 aromatic carbocycles. The standard InChI is InChI=1S/C16H36N2O/c1-4-7-13-18(14-8-5-2)15-12-17-11-9-10-16-19-6-3/h17H,4-16H2,1-3H3. The third-order valence-electron chi connectivity index (χ3n) is 3.36. The molecular weight excluding hydrogens is 236 g/mol. The van der Waals surface area contributed by atoms with Crippen molar-refractivity contribution in [2.24, 2.45) is 0 Å². The average Bonchev–Trinajstić information content (AvgIpc) is 2.43. The highest BCUT2D eigenvalue weighted by molar-refractivity contribution is 4.60. The van der Waals surface area contributed by atoms with Gasteiger partial charge in [0.15, 0.2) is 0 Å². The second-order valence-corrected chi connectivity index (χ2v) is 5.20. The van der Waals surface area contributed by atoms with Gasteiger partial charge in [-0.2, -0.15) is 0 Å². The molecule has 0 saturated carbocycles. The molecule has 116 valence electrons. The van der Waals surface area contributed by atoms with Crippen LogP contribution < -0.4 is 5.32 Å². The summed E-state index contributed by atoms with van der Waals surface area (Å²) in [7, 11) is 0. The topological polar surface area (TPSA) is 24.5 Å². The molecule has 0 saturated heterocycles. The maximum atomic E-state index is 5.33. The Morgan fingerprint density at radius 2 is 1.47 bits per heavy atom. The maximum Gasteiger partial charge on any atom is 0.0466 e. The summed E-state index contributed by atoms with van der Waals surface area (Å²) in [5.74, 6) is 0. The second kappa shape index (κ2) is 15.9. The highest BCUT2D eigenvalue weighted by Gasteiger charge is 2.02. The molecule has 0 aromatic heterocycles. The Morgan fingerprint density at radius 3 is 2.05 bits per heavy atom.